The Balaban J connectivity index is 0.000001000. The van der Waals surface area contributed by atoms with Gasteiger partial charge in [0.25, 0.3) is 0 Å². The van der Waals surface area contributed by atoms with Crippen LogP contribution in [0.2, 0.25) is 0 Å². The summed E-state index contributed by atoms with van der Waals surface area (Å²) in [5.74, 6) is 0.0942. The summed E-state index contributed by atoms with van der Waals surface area (Å²) in [6.07, 6.45) is 3.07. The van der Waals surface area contributed by atoms with Crippen molar-refractivity contribution in [2.24, 2.45) is 5.41 Å². The Bertz CT molecular complexity index is 216. The van der Waals surface area contributed by atoms with Gasteiger partial charge in [0.15, 0.2) is 11.6 Å². The van der Waals surface area contributed by atoms with Crippen LogP contribution in [-0.4, -0.2) is 11.6 Å². The molecule has 10 heavy (non-hydrogen) atoms. The van der Waals surface area contributed by atoms with Crippen molar-refractivity contribution in [3.8, 4) is 0 Å². The van der Waals surface area contributed by atoms with Crippen LogP contribution >= 0.6 is 0 Å². The number of allylic oxidation sites excluding steroid dienone is 2. The van der Waals surface area contributed by atoms with Gasteiger partial charge in [-0.15, -0.1) is 0 Å². The third-order valence-corrected chi connectivity index (χ3v) is 1.70. The van der Waals surface area contributed by atoms with Crippen LogP contribution in [0.5, 0.6) is 0 Å². The van der Waals surface area contributed by atoms with Gasteiger partial charge in [0.05, 0.1) is 0 Å². The molecule has 54 valence electrons. The van der Waals surface area contributed by atoms with Crippen LogP contribution in [0.1, 0.15) is 21.7 Å². The molecule has 0 saturated carbocycles. The van der Waals surface area contributed by atoms with Crippen LogP contribution in [0.25, 0.3) is 0 Å². The molecular formula is C8H11O2+. The van der Waals surface area contributed by atoms with Crippen molar-refractivity contribution < 1.29 is 11.0 Å². The second kappa shape index (κ2) is 2.04. The van der Waals surface area contributed by atoms with E-state index < -0.39 is 5.41 Å². The van der Waals surface area contributed by atoms with Gasteiger partial charge in [-0.05, 0) is 12.2 Å². The average molecular weight is 139 g/mol. The Morgan fingerprint density at radius 3 is 2.40 bits per heavy atom. The Labute approximate surface area is 61.4 Å². The molecular weight excluding hydrogens is 128 g/mol. The van der Waals surface area contributed by atoms with Crippen molar-refractivity contribution in [2.75, 3.05) is 0 Å². The first kappa shape index (κ1) is 7.19. The number of hydrogen-bond acceptors (Lipinski definition) is 2. The molecule has 1 rings (SSSR count). The number of hydrogen-bond donors (Lipinski definition) is 0. The highest BCUT2D eigenvalue weighted by Gasteiger charge is 2.30. The molecule has 0 unspecified atom stereocenters. The fourth-order valence-electron chi connectivity index (χ4n) is 0.976. The van der Waals surface area contributed by atoms with Gasteiger partial charge in [-0.3, -0.25) is 9.59 Å². The summed E-state index contributed by atoms with van der Waals surface area (Å²) < 4.78 is 0. The van der Waals surface area contributed by atoms with Crippen LogP contribution in [0.3, 0.4) is 0 Å². The molecule has 0 fully saturated rings. The molecule has 0 N–H and O–H groups in total. The zero-order valence-electron chi connectivity index (χ0n) is 7.18. The van der Waals surface area contributed by atoms with Crippen molar-refractivity contribution in [2.45, 2.75) is 20.3 Å². The van der Waals surface area contributed by atoms with Gasteiger partial charge in [0.2, 0.25) is 0 Å². The summed E-state index contributed by atoms with van der Waals surface area (Å²) in [4.78, 5) is 21.8. The summed E-state index contributed by atoms with van der Waals surface area (Å²) in [5.41, 5.74) is -0.466. The van der Waals surface area contributed by atoms with Gasteiger partial charge in [0, 0.05) is 11.8 Å². The highest BCUT2D eigenvalue weighted by molar-refractivity contribution is 6.07. The number of carbonyl (C=O) groups is 2. The summed E-state index contributed by atoms with van der Waals surface area (Å²) in [6.45, 7) is 3.58. The highest BCUT2D eigenvalue weighted by atomic mass is 16.1. The lowest BCUT2D eigenvalue weighted by molar-refractivity contribution is -0.128. The summed E-state index contributed by atoms with van der Waals surface area (Å²) >= 11 is 0. The second-order valence-electron chi connectivity index (χ2n) is 3.22. The Kier molecular flexibility index (Phi) is 1.47. The molecule has 0 amide bonds. The van der Waals surface area contributed by atoms with E-state index in [0.717, 1.165) is 0 Å². The van der Waals surface area contributed by atoms with Gasteiger partial charge in [0.1, 0.15) is 0 Å². The van der Waals surface area contributed by atoms with Crippen LogP contribution in [0.15, 0.2) is 12.2 Å². The molecule has 1 aliphatic rings. The predicted octanol–water partition coefficient (Wildman–Crippen LogP) is 1.22. The van der Waals surface area contributed by atoms with E-state index in [1.807, 2.05) is 0 Å². The van der Waals surface area contributed by atoms with Gasteiger partial charge in [-0.25, -0.2) is 0 Å². The normalized spacial score (nSPS) is 23.4. The summed E-state index contributed by atoms with van der Waals surface area (Å²) in [6, 6.07) is 0. The molecule has 0 aliphatic heterocycles. The zero-order chi connectivity index (χ0) is 7.78. The van der Waals surface area contributed by atoms with Gasteiger partial charge in [-0.1, -0.05) is 13.8 Å². The number of ketones is 2. The maximum atomic E-state index is 11.0. The molecule has 2 nitrogen and oxygen atoms in total. The molecule has 0 heterocycles. The van der Waals surface area contributed by atoms with Crippen molar-refractivity contribution in [3.63, 3.8) is 0 Å². The maximum absolute atomic E-state index is 11.0. The van der Waals surface area contributed by atoms with E-state index in [1.54, 1.807) is 13.8 Å². The molecule has 0 spiro atoms. The zero-order valence-corrected chi connectivity index (χ0v) is 6.18. The number of carbonyl (C=O) groups excluding carboxylic acids is 2. The molecule has 0 bridgehead atoms. The highest BCUT2D eigenvalue weighted by Crippen LogP contribution is 2.25. The van der Waals surface area contributed by atoms with Crippen molar-refractivity contribution >= 4 is 11.6 Å². The molecule has 0 atom stereocenters. The topological polar surface area (TPSA) is 34.1 Å². The predicted molar refractivity (Wildman–Crippen MR) is 38.7 cm³/mol. The van der Waals surface area contributed by atoms with E-state index in [4.69, 9.17) is 0 Å². The van der Waals surface area contributed by atoms with Crippen LogP contribution in [0.4, 0.5) is 0 Å². The van der Waals surface area contributed by atoms with Crippen LogP contribution < -0.4 is 0 Å². The molecule has 0 aromatic heterocycles. The molecule has 1 aliphatic carbocycles. The van der Waals surface area contributed by atoms with E-state index in [1.165, 1.54) is 12.2 Å². The van der Waals surface area contributed by atoms with E-state index in [2.05, 4.69) is 0 Å². The lowest BCUT2D eigenvalue weighted by atomic mass is 9.79. The van der Waals surface area contributed by atoms with E-state index in [9.17, 15) is 9.59 Å². The third-order valence-electron chi connectivity index (χ3n) is 1.70. The minimum absolute atomic E-state index is 0. The molecule has 0 aromatic carbocycles. The smallest absolute Gasteiger partial charge is 0.295 e. The molecule has 0 radical (unpaired) electrons. The number of rotatable bonds is 0. The Morgan fingerprint density at radius 2 is 2.00 bits per heavy atom. The largest absolute Gasteiger partial charge is 1.00 e. The van der Waals surface area contributed by atoms with E-state index >= 15 is 0 Å². The van der Waals surface area contributed by atoms with Gasteiger partial charge in [-0.2, -0.15) is 0 Å². The third kappa shape index (κ3) is 1.15. The fourth-order valence-corrected chi connectivity index (χ4v) is 0.976. The van der Waals surface area contributed by atoms with E-state index in [-0.39, 0.29) is 13.0 Å². The van der Waals surface area contributed by atoms with Gasteiger partial charge < -0.3 is 0 Å². The van der Waals surface area contributed by atoms with Crippen molar-refractivity contribution in [1.82, 2.24) is 0 Å². The first-order valence-electron chi connectivity index (χ1n) is 3.28. The minimum Gasteiger partial charge on any atom is -0.295 e. The first-order chi connectivity index (χ1) is 4.52. The Morgan fingerprint density at radius 1 is 1.40 bits per heavy atom. The second-order valence-corrected chi connectivity index (χ2v) is 3.22. The molecule has 0 aromatic rings. The fraction of sp³-hybridized carbons (Fsp3) is 0.500. The summed E-state index contributed by atoms with van der Waals surface area (Å²) in [5, 5.41) is 0. The first-order valence-corrected chi connectivity index (χ1v) is 3.28. The van der Waals surface area contributed by atoms with Crippen LogP contribution in [-0.2, 0) is 9.59 Å². The minimum atomic E-state index is -0.466. The summed E-state index contributed by atoms with van der Waals surface area (Å²) in [7, 11) is 0. The lowest BCUT2D eigenvalue weighted by Crippen LogP contribution is -2.28. The lowest BCUT2D eigenvalue weighted by Gasteiger charge is -2.22. The Hall–Kier alpha value is -0.920. The molecule has 2 heteroatoms. The van der Waals surface area contributed by atoms with E-state index in [0.29, 0.717) is 6.42 Å². The molecule has 0 saturated heterocycles. The van der Waals surface area contributed by atoms with Crippen molar-refractivity contribution in [1.29, 1.82) is 0 Å². The van der Waals surface area contributed by atoms with Crippen LogP contribution in [0, 0.1) is 5.41 Å². The SMILES string of the molecule is CC1(C)CC(=O)C=CC1=O.[H+]. The standard InChI is InChI=1S/C8H10O2/c1-8(2)5-6(9)3-4-7(8)10/h3-4H,5H2,1-2H3/p+1. The maximum Gasteiger partial charge on any atom is 1.00 e. The van der Waals surface area contributed by atoms with Gasteiger partial charge >= 0.3 is 1.43 Å². The monoisotopic (exact) mass is 139 g/mol. The quantitative estimate of drug-likeness (QED) is 0.505. The average Bonchev–Trinajstić information content (AvgIpc) is 1.78. The van der Waals surface area contributed by atoms with Crippen molar-refractivity contribution in [3.05, 3.63) is 12.2 Å².